The van der Waals surface area contributed by atoms with Crippen molar-refractivity contribution in [3.63, 3.8) is 0 Å². The molecule has 0 heterocycles. The molecule has 0 aromatic heterocycles. The van der Waals surface area contributed by atoms with Gasteiger partial charge in [-0.2, -0.15) is 0 Å². The van der Waals surface area contributed by atoms with Gasteiger partial charge in [0.05, 0.1) is 6.42 Å². The fourth-order valence-corrected chi connectivity index (χ4v) is 0.378. The van der Waals surface area contributed by atoms with E-state index < -0.39 is 17.7 Å². The summed E-state index contributed by atoms with van der Waals surface area (Å²) in [5.74, 6) is -2.37. The number of nitrogens with one attached hydrogen (secondary N) is 2. The quantitative estimate of drug-likeness (QED) is 0.296. The van der Waals surface area contributed by atoms with Gasteiger partial charge in [0.25, 0.3) is 5.91 Å². The average Bonchev–Trinajstić information content (AvgIpc) is 1.86. The van der Waals surface area contributed by atoms with E-state index in [1.807, 2.05) is 0 Å². The minimum absolute atomic E-state index is 0.00620. The van der Waals surface area contributed by atoms with Crippen LogP contribution >= 0.6 is 0 Å². The first-order valence-corrected chi connectivity index (χ1v) is 2.88. The summed E-state index contributed by atoms with van der Waals surface area (Å²) in [5, 5.41) is 16.9. The van der Waals surface area contributed by atoms with Crippen LogP contribution in [-0.2, 0) is 9.59 Å². The van der Waals surface area contributed by atoms with Gasteiger partial charge >= 0.3 is 5.97 Å². The van der Waals surface area contributed by atoms with Crippen LogP contribution in [0.1, 0.15) is 6.42 Å². The maximum atomic E-state index is 10.5. The highest BCUT2D eigenvalue weighted by Gasteiger charge is 2.03. The van der Waals surface area contributed by atoms with Crippen molar-refractivity contribution in [2.75, 3.05) is 6.54 Å². The molecule has 0 aromatic rings. The molecule has 0 atom stereocenters. The first-order valence-electron chi connectivity index (χ1n) is 2.88. The van der Waals surface area contributed by atoms with Crippen LogP contribution in [0.25, 0.3) is 0 Å². The predicted molar refractivity (Wildman–Crippen MR) is 37.2 cm³/mol. The molecule has 6 nitrogen and oxygen atoms in total. The lowest BCUT2D eigenvalue weighted by Crippen LogP contribution is -2.36. The van der Waals surface area contributed by atoms with Crippen LogP contribution in [0.15, 0.2) is 0 Å². The molecule has 0 bridgehead atoms. The molecule has 0 aliphatic rings. The summed E-state index contributed by atoms with van der Waals surface area (Å²) in [4.78, 5) is 20.4. The number of rotatable bonds is 3. The molecule has 0 aromatic carbocycles. The van der Waals surface area contributed by atoms with Gasteiger partial charge in [-0.1, -0.05) is 0 Å². The van der Waals surface area contributed by atoms with Gasteiger partial charge in [-0.3, -0.25) is 15.0 Å². The van der Waals surface area contributed by atoms with E-state index >= 15 is 0 Å². The molecule has 0 saturated carbocycles. The number of carbonyl (C=O) groups excluding carboxylic acids is 1. The number of hydrogen-bond donors (Lipinski definition) is 4. The Morgan fingerprint density at radius 2 is 2.09 bits per heavy atom. The molecule has 1 amide bonds. The molecule has 0 rings (SSSR count). The Morgan fingerprint density at radius 1 is 1.55 bits per heavy atom. The van der Waals surface area contributed by atoms with Crippen LogP contribution in [0.2, 0.25) is 0 Å². The Bertz CT molecular complexity index is 189. The summed E-state index contributed by atoms with van der Waals surface area (Å²) < 4.78 is 0. The Balaban J connectivity index is 3.47. The summed E-state index contributed by atoms with van der Waals surface area (Å²) in [6.07, 6.45) is -0.168. The van der Waals surface area contributed by atoms with Crippen LogP contribution < -0.4 is 11.1 Å². The SMILES string of the molecule is N=C(N)C(=O)NCCC(=O)O. The van der Waals surface area contributed by atoms with Gasteiger partial charge in [-0.05, 0) is 0 Å². The molecule has 0 radical (unpaired) electrons. The lowest BCUT2D eigenvalue weighted by Gasteiger charge is -1.99. The summed E-state index contributed by atoms with van der Waals surface area (Å²) in [6, 6.07) is 0. The number of nitrogens with two attached hydrogens (primary N) is 1. The number of amidine groups is 1. The van der Waals surface area contributed by atoms with Gasteiger partial charge < -0.3 is 16.2 Å². The lowest BCUT2D eigenvalue weighted by atomic mass is 10.4. The Kier molecular flexibility index (Phi) is 3.65. The molecular weight excluding hydrogens is 150 g/mol. The van der Waals surface area contributed by atoms with Gasteiger partial charge in [0.2, 0.25) is 0 Å². The monoisotopic (exact) mass is 159 g/mol. The van der Waals surface area contributed by atoms with Crippen molar-refractivity contribution in [2.45, 2.75) is 6.42 Å². The van der Waals surface area contributed by atoms with E-state index in [1.165, 1.54) is 0 Å². The summed E-state index contributed by atoms with van der Waals surface area (Å²) in [6.45, 7) is -0.00620. The van der Waals surface area contributed by atoms with Crippen LogP contribution in [-0.4, -0.2) is 29.4 Å². The molecule has 11 heavy (non-hydrogen) atoms. The molecule has 0 fully saturated rings. The zero-order chi connectivity index (χ0) is 8.85. The minimum Gasteiger partial charge on any atom is -0.481 e. The summed E-state index contributed by atoms with van der Waals surface area (Å²) in [7, 11) is 0. The van der Waals surface area contributed by atoms with Gasteiger partial charge in [-0.25, -0.2) is 0 Å². The van der Waals surface area contributed by atoms with Gasteiger partial charge in [0.15, 0.2) is 5.84 Å². The molecule has 0 unspecified atom stereocenters. The van der Waals surface area contributed by atoms with Crippen molar-refractivity contribution >= 4 is 17.7 Å². The first-order chi connectivity index (χ1) is 5.04. The van der Waals surface area contributed by atoms with Crippen molar-refractivity contribution in [2.24, 2.45) is 5.73 Å². The van der Waals surface area contributed by atoms with Crippen molar-refractivity contribution in [3.8, 4) is 0 Å². The number of carboxylic acid groups (broad SMARTS) is 1. The molecule has 0 saturated heterocycles. The van der Waals surface area contributed by atoms with Crippen molar-refractivity contribution in [1.82, 2.24) is 5.32 Å². The fraction of sp³-hybridized carbons (Fsp3) is 0.400. The van der Waals surface area contributed by atoms with E-state index in [0.717, 1.165) is 0 Å². The van der Waals surface area contributed by atoms with Gasteiger partial charge in [0.1, 0.15) is 0 Å². The fourth-order valence-electron chi connectivity index (χ4n) is 0.378. The van der Waals surface area contributed by atoms with Crippen molar-refractivity contribution < 1.29 is 14.7 Å². The van der Waals surface area contributed by atoms with E-state index in [2.05, 4.69) is 5.32 Å². The maximum absolute atomic E-state index is 10.5. The highest BCUT2D eigenvalue weighted by molar-refractivity contribution is 6.35. The largest absolute Gasteiger partial charge is 0.481 e. The standard InChI is InChI=1S/C5H9N3O3/c6-4(7)5(11)8-2-1-3(9)10/h1-2H2,(H3,6,7)(H,8,11)(H,9,10). The van der Waals surface area contributed by atoms with E-state index in [-0.39, 0.29) is 13.0 Å². The highest BCUT2D eigenvalue weighted by atomic mass is 16.4. The van der Waals surface area contributed by atoms with E-state index in [9.17, 15) is 9.59 Å². The van der Waals surface area contributed by atoms with E-state index in [1.54, 1.807) is 0 Å². The molecular formula is C5H9N3O3. The molecule has 62 valence electrons. The third-order valence-electron chi connectivity index (χ3n) is 0.869. The Hall–Kier alpha value is -1.59. The number of aliphatic carboxylic acids is 1. The topological polar surface area (TPSA) is 116 Å². The first kappa shape index (κ1) is 9.41. The van der Waals surface area contributed by atoms with Gasteiger partial charge in [-0.15, -0.1) is 0 Å². The molecule has 5 N–H and O–H groups in total. The van der Waals surface area contributed by atoms with Crippen LogP contribution in [0.5, 0.6) is 0 Å². The van der Waals surface area contributed by atoms with Crippen molar-refractivity contribution in [3.05, 3.63) is 0 Å². The third-order valence-corrected chi connectivity index (χ3v) is 0.869. The van der Waals surface area contributed by atoms with Crippen LogP contribution in [0.3, 0.4) is 0 Å². The Labute approximate surface area is 62.9 Å². The minimum atomic E-state index is -1.01. The summed E-state index contributed by atoms with van der Waals surface area (Å²) in [5.41, 5.74) is 4.78. The second kappa shape index (κ2) is 4.26. The van der Waals surface area contributed by atoms with Crippen LogP contribution in [0, 0.1) is 5.41 Å². The molecule has 0 spiro atoms. The van der Waals surface area contributed by atoms with Crippen molar-refractivity contribution in [1.29, 1.82) is 5.41 Å². The Morgan fingerprint density at radius 3 is 2.45 bits per heavy atom. The smallest absolute Gasteiger partial charge is 0.305 e. The number of carboxylic acids is 1. The molecule has 0 aliphatic carbocycles. The second-order valence-electron chi connectivity index (χ2n) is 1.81. The average molecular weight is 159 g/mol. The lowest BCUT2D eigenvalue weighted by molar-refractivity contribution is -0.136. The number of hydrogen-bond acceptors (Lipinski definition) is 3. The number of carbonyl (C=O) groups is 2. The zero-order valence-electron chi connectivity index (χ0n) is 5.76. The molecule has 0 aliphatic heterocycles. The highest BCUT2D eigenvalue weighted by Crippen LogP contribution is 1.74. The third kappa shape index (κ3) is 4.89. The second-order valence-corrected chi connectivity index (χ2v) is 1.81. The normalized spacial score (nSPS) is 8.73. The molecule has 6 heteroatoms. The zero-order valence-corrected chi connectivity index (χ0v) is 5.76. The van der Waals surface area contributed by atoms with Crippen LogP contribution in [0.4, 0.5) is 0 Å². The van der Waals surface area contributed by atoms with E-state index in [4.69, 9.17) is 16.2 Å². The van der Waals surface area contributed by atoms with Gasteiger partial charge in [0, 0.05) is 6.54 Å². The summed E-state index contributed by atoms with van der Waals surface area (Å²) >= 11 is 0. The number of amides is 1. The van der Waals surface area contributed by atoms with E-state index in [0.29, 0.717) is 0 Å². The maximum Gasteiger partial charge on any atom is 0.305 e. The predicted octanol–water partition coefficient (Wildman–Crippen LogP) is -1.49.